The molecule has 0 saturated carbocycles. The van der Waals surface area contributed by atoms with Crippen molar-refractivity contribution in [3.05, 3.63) is 22.4 Å². The van der Waals surface area contributed by atoms with Gasteiger partial charge in [0.05, 0.1) is 17.3 Å². The second-order valence-corrected chi connectivity index (χ2v) is 12.5. The largest absolute Gasteiger partial charge is 0.360 e. The number of nitrogens with zero attached hydrogens (tertiary/aromatic N) is 3. The van der Waals surface area contributed by atoms with E-state index in [1.54, 1.807) is 16.2 Å². The fourth-order valence-electron chi connectivity index (χ4n) is 3.29. The summed E-state index contributed by atoms with van der Waals surface area (Å²) in [7, 11) is -3.03. The van der Waals surface area contributed by atoms with Crippen LogP contribution in [0.3, 0.4) is 0 Å². The van der Waals surface area contributed by atoms with Gasteiger partial charge in [0.25, 0.3) is 0 Å². The molecular weight excluding hydrogens is 448 g/mol. The minimum Gasteiger partial charge on any atom is -0.360 e. The first-order valence-electron chi connectivity index (χ1n) is 9.62. The van der Waals surface area contributed by atoms with Crippen molar-refractivity contribution in [2.45, 2.75) is 49.5 Å². The number of amides is 1. The number of thiophene rings is 1. The molecule has 2 aromatic rings. The quantitative estimate of drug-likeness (QED) is 0.529. The van der Waals surface area contributed by atoms with Gasteiger partial charge >= 0.3 is 0 Å². The Labute approximate surface area is 184 Å². The minimum atomic E-state index is -3.03. The molecule has 0 aromatic carbocycles. The van der Waals surface area contributed by atoms with Crippen LogP contribution < -0.4 is 5.32 Å². The lowest BCUT2D eigenvalue weighted by atomic mass is 10.1. The molecule has 7 nitrogen and oxygen atoms in total. The van der Waals surface area contributed by atoms with Gasteiger partial charge in [-0.15, -0.1) is 21.5 Å². The lowest BCUT2D eigenvalue weighted by molar-refractivity contribution is -0.132. The van der Waals surface area contributed by atoms with Crippen LogP contribution >= 0.6 is 34.4 Å². The van der Waals surface area contributed by atoms with Crippen LogP contribution in [0.4, 0.5) is 5.13 Å². The fourth-order valence-corrected chi connectivity index (χ4v) is 7.35. The normalized spacial score (nSPS) is 19.2. The van der Waals surface area contributed by atoms with Gasteiger partial charge in [-0.1, -0.05) is 36.1 Å². The summed E-state index contributed by atoms with van der Waals surface area (Å²) in [6.07, 6.45) is 2.26. The number of carbonyl (C=O) groups excluding carboxylic acids is 1. The Balaban J connectivity index is 1.51. The summed E-state index contributed by atoms with van der Waals surface area (Å²) in [5.41, 5.74) is 0. The molecule has 1 saturated heterocycles. The zero-order valence-corrected chi connectivity index (χ0v) is 19.8. The van der Waals surface area contributed by atoms with Crippen LogP contribution in [0.5, 0.6) is 0 Å². The van der Waals surface area contributed by atoms with Crippen molar-refractivity contribution in [1.29, 1.82) is 0 Å². The summed E-state index contributed by atoms with van der Waals surface area (Å²) in [5.74, 6) is 0.450. The third-order valence-corrected chi connectivity index (χ3v) is 9.59. The molecule has 1 amide bonds. The predicted octanol–water partition coefficient (Wildman–Crippen LogP) is 3.16. The molecular formula is C18H26N4O3S4. The van der Waals surface area contributed by atoms with Gasteiger partial charge in [-0.2, -0.15) is 0 Å². The van der Waals surface area contributed by atoms with Gasteiger partial charge in [-0.3, -0.25) is 4.79 Å². The molecule has 0 bridgehead atoms. The first-order valence-corrected chi connectivity index (χ1v) is 14.1. The molecule has 2 atom stereocenters. The Morgan fingerprint density at radius 1 is 1.45 bits per heavy atom. The van der Waals surface area contributed by atoms with Crippen molar-refractivity contribution in [2.24, 2.45) is 0 Å². The highest BCUT2D eigenvalue weighted by Crippen LogP contribution is 2.28. The Bertz CT molecular complexity index is 898. The fraction of sp³-hybridized carbons (Fsp3) is 0.611. The SMILES string of the molecule is CCC(C)N(C(=O)CSc1nnc(NCCc2cccs2)s1)C1CCS(=O)(=O)C1. The molecule has 1 aliphatic rings. The number of sulfone groups is 1. The highest BCUT2D eigenvalue weighted by Gasteiger charge is 2.36. The Morgan fingerprint density at radius 2 is 2.28 bits per heavy atom. The second-order valence-electron chi connectivity index (χ2n) is 7.03. The van der Waals surface area contributed by atoms with Gasteiger partial charge in [0.2, 0.25) is 11.0 Å². The van der Waals surface area contributed by atoms with Gasteiger partial charge in [0, 0.05) is 23.5 Å². The number of aromatic nitrogens is 2. The second kappa shape index (κ2) is 10.2. The van der Waals surface area contributed by atoms with Crippen molar-refractivity contribution >= 4 is 55.3 Å². The van der Waals surface area contributed by atoms with Crippen molar-refractivity contribution in [3.8, 4) is 0 Å². The van der Waals surface area contributed by atoms with Crippen LogP contribution in [0.2, 0.25) is 0 Å². The molecule has 29 heavy (non-hydrogen) atoms. The van der Waals surface area contributed by atoms with Crippen molar-refractivity contribution in [3.63, 3.8) is 0 Å². The molecule has 1 fully saturated rings. The van der Waals surface area contributed by atoms with Gasteiger partial charge in [-0.25, -0.2) is 8.42 Å². The molecule has 160 valence electrons. The highest BCUT2D eigenvalue weighted by molar-refractivity contribution is 8.01. The molecule has 0 spiro atoms. The zero-order chi connectivity index (χ0) is 20.9. The molecule has 3 rings (SSSR count). The van der Waals surface area contributed by atoms with E-state index in [0.717, 1.165) is 28.9 Å². The zero-order valence-electron chi connectivity index (χ0n) is 16.5. The van der Waals surface area contributed by atoms with Gasteiger partial charge in [-0.05, 0) is 37.6 Å². The van der Waals surface area contributed by atoms with Crippen LogP contribution in [0.1, 0.15) is 31.6 Å². The highest BCUT2D eigenvalue weighted by atomic mass is 32.2. The molecule has 11 heteroatoms. The van der Waals surface area contributed by atoms with Crippen LogP contribution in [0, 0.1) is 0 Å². The number of hydrogen-bond donors (Lipinski definition) is 1. The van der Waals surface area contributed by atoms with Gasteiger partial charge in [0.1, 0.15) is 0 Å². The summed E-state index contributed by atoms with van der Waals surface area (Å²) >= 11 is 4.53. The first-order chi connectivity index (χ1) is 13.9. The minimum absolute atomic E-state index is 0.0188. The summed E-state index contributed by atoms with van der Waals surface area (Å²) in [6.45, 7) is 4.78. The maximum Gasteiger partial charge on any atom is 0.233 e. The van der Waals surface area contributed by atoms with E-state index in [0.29, 0.717) is 6.42 Å². The van der Waals surface area contributed by atoms with E-state index in [4.69, 9.17) is 0 Å². The number of thioether (sulfide) groups is 1. The topological polar surface area (TPSA) is 92.3 Å². The van der Waals surface area contributed by atoms with E-state index in [2.05, 4.69) is 27.0 Å². The lowest BCUT2D eigenvalue weighted by Crippen LogP contribution is -2.47. The van der Waals surface area contributed by atoms with E-state index in [1.165, 1.54) is 28.0 Å². The first kappa shape index (κ1) is 22.5. The molecule has 2 aromatic heterocycles. The third kappa shape index (κ3) is 6.40. The molecule has 2 unspecified atom stereocenters. The number of carbonyl (C=O) groups is 1. The smallest absolute Gasteiger partial charge is 0.233 e. The molecule has 3 heterocycles. The third-order valence-electron chi connectivity index (χ3n) is 4.91. The monoisotopic (exact) mass is 474 g/mol. The van der Waals surface area contributed by atoms with Crippen LogP contribution in [-0.2, 0) is 21.1 Å². The Morgan fingerprint density at radius 3 is 2.93 bits per heavy atom. The van der Waals surface area contributed by atoms with E-state index in [1.807, 2.05) is 19.9 Å². The predicted molar refractivity (Wildman–Crippen MR) is 121 cm³/mol. The van der Waals surface area contributed by atoms with Crippen molar-refractivity contribution in [2.75, 3.05) is 29.1 Å². The number of nitrogens with one attached hydrogen (secondary N) is 1. The van der Waals surface area contributed by atoms with Crippen molar-refractivity contribution in [1.82, 2.24) is 15.1 Å². The molecule has 0 aliphatic carbocycles. The lowest BCUT2D eigenvalue weighted by Gasteiger charge is -2.33. The van der Waals surface area contributed by atoms with Crippen LogP contribution in [0.15, 0.2) is 21.9 Å². The Hall–Kier alpha value is -1.17. The van der Waals surface area contributed by atoms with E-state index in [9.17, 15) is 13.2 Å². The number of rotatable bonds is 10. The average Bonchev–Trinajstić information content (AvgIpc) is 3.42. The number of hydrogen-bond acceptors (Lipinski definition) is 9. The van der Waals surface area contributed by atoms with Crippen LogP contribution in [0.25, 0.3) is 0 Å². The standard InChI is InChI=1S/C18H26N4O3S4/c1-3-13(2)22(14-7-10-29(24,25)12-14)16(23)11-27-18-21-20-17(28-18)19-8-6-15-5-4-9-26-15/h4-5,9,13-14H,3,6-8,10-12H2,1-2H3,(H,19,20). The summed E-state index contributed by atoms with van der Waals surface area (Å²) < 4.78 is 24.4. The van der Waals surface area contributed by atoms with Gasteiger partial charge < -0.3 is 10.2 Å². The molecule has 1 N–H and O–H groups in total. The van der Waals surface area contributed by atoms with E-state index >= 15 is 0 Å². The van der Waals surface area contributed by atoms with Crippen molar-refractivity contribution < 1.29 is 13.2 Å². The van der Waals surface area contributed by atoms with Crippen LogP contribution in [-0.4, -0.2) is 65.3 Å². The molecule has 0 radical (unpaired) electrons. The average molecular weight is 475 g/mol. The summed E-state index contributed by atoms with van der Waals surface area (Å²) in [6, 6.07) is 3.95. The maximum atomic E-state index is 12.9. The summed E-state index contributed by atoms with van der Waals surface area (Å²) in [5, 5.41) is 14.4. The van der Waals surface area contributed by atoms with E-state index < -0.39 is 9.84 Å². The summed E-state index contributed by atoms with van der Waals surface area (Å²) in [4.78, 5) is 16.0. The Kier molecular flexibility index (Phi) is 7.94. The maximum absolute atomic E-state index is 12.9. The number of anilines is 1. The van der Waals surface area contributed by atoms with E-state index in [-0.39, 0.29) is 35.2 Å². The van der Waals surface area contributed by atoms with Gasteiger partial charge in [0.15, 0.2) is 14.2 Å². The molecule has 1 aliphatic heterocycles.